The van der Waals surface area contributed by atoms with Crippen molar-refractivity contribution in [3.8, 4) is 0 Å². The number of carbonyl (C=O) groups excluding carboxylic acids is 1. The van der Waals surface area contributed by atoms with Gasteiger partial charge in [0.25, 0.3) is 0 Å². The monoisotopic (exact) mass is 376 g/mol. The number of ether oxygens (including phenoxy) is 1. The van der Waals surface area contributed by atoms with Gasteiger partial charge in [-0.1, -0.05) is 37.3 Å². The van der Waals surface area contributed by atoms with Crippen LogP contribution in [0.2, 0.25) is 0 Å². The Bertz CT molecular complexity index is 805. The van der Waals surface area contributed by atoms with Crippen molar-refractivity contribution in [1.82, 2.24) is 4.31 Å². The van der Waals surface area contributed by atoms with Gasteiger partial charge in [0.1, 0.15) is 6.61 Å². The fourth-order valence-corrected chi connectivity index (χ4v) is 3.48. The van der Waals surface area contributed by atoms with Crippen molar-refractivity contribution in [1.29, 1.82) is 0 Å². The minimum absolute atomic E-state index is 0.0201. The lowest BCUT2D eigenvalue weighted by atomic mass is 10.2. The molecule has 7 heteroatoms. The molecule has 0 saturated heterocycles. The highest BCUT2D eigenvalue weighted by molar-refractivity contribution is 7.89. The third-order valence-electron chi connectivity index (χ3n) is 3.68. The van der Waals surface area contributed by atoms with Gasteiger partial charge in [0, 0.05) is 25.9 Å². The van der Waals surface area contributed by atoms with Crippen LogP contribution in [0.3, 0.4) is 0 Å². The quantitative estimate of drug-likeness (QED) is 0.683. The van der Waals surface area contributed by atoms with Crippen molar-refractivity contribution in [3.05, 3.63) is 60.2 Å². The lowest BCUT2D eigenvalue weighted by molar-refractivity contribution is -0.120. The molecule has 26 heavy (non-hydrogen) atoms. The summed E-state index contributed by atoms with van der Waals surface area (Å²) in [5, 5.41) is 2.68. The molecule has 0 saturated carbocycles. The molecule has 0 bridgehead atoms. The van der Waals surface area contributed by atoms with Gasteiger partial charge in [-0.25, -0.2) is 8.42 Å². The molecule has 0 aromatic heterocycles. The number of rotatable bonds is 9. The number of sulfonamides is 1. The highest BCUT2D eigenvalue weighted by Crippen LogP contribution is 2.19. The number of nitrogens with zero attached hydrogens (tertiary/aromatic N) is 1. The van der Waals surface area contributed by atoms with Crippen molar-refractivity contribution in [2.24, 2.45) is 0 Å². The number of amides is 1. The molecule has 140 valence electrons. The van der Waals surface area contributed by atoms with Crippen molar-refractivity contribution < 1.29 is 17.9 Å². The third-order valence-corrected chi connectivity index (χ3v) is 5.49. The second-order valence-corrected chi connectivity index (χ2v) is 7.92. The summed E-state index contributed by atoms with van der Waals surface area (Å²) >= 11 is 0. The Morgan fingerprint density at radius 1 is 1.08 bits per heavy atom. The predicted molar refractivity (Wildman–Crippen MR) is 101 cm³/mol. The van der Waals surface area contributed by atoms with Crippen LogP contribution in [0.1, 0.15) is 18.9 Å². The molecule has 0 aliphatic heterocycles. The van der Waals surface area contributed by atoms with Crippen LogP contribution in [-0.4, -0.2) is 38.9 Å². The second-order valence-electron chi connectivity index (χ2n) is 5.87. The van der Waals surface area contributed by atoms with Crippen LogP contribution in [0, 0.1) is 0 Å². The zero-order valence-corrected chi connectivity index (χ0v) is 15.8. The zero-order valence-electron chi connectivity index (χ0n) is 15.0. The molecule has 0 heterocycles. The van der Waals surface area contributed by atoms with Gasteiger partial charge in [-0.15, -0.1) is 0 Å². The first kappa shape index (κ1) is 20.1. The van der Waals surface area contributed by atoms with E-state index in [1.165, 1.54) is 16.4 Å². The first-order valence-electron chi connectivity index (χ1n) is 8.41. The summed E-state index contributed by atoms with van der Waals surface area (Å²) in [6.07, 6.45) is 0.844. The molecule has 0 radical (unpaired) electrons. The molecule has 2 aromatic carbocycles. The van der Waals surface area contributed by atoms with Gasteiger partial charge in [0.15, 0.2) is 0 Å². The average Bonchev–Trinajstić information content (AvgIpc) is 2.63. The van der Waals surface area contributed by atoms with Gasteiger partial charge in [0.2, 0.25) is 15.9 Å². The Kier molecular flexibility index (Phi) is 7.32. The smallest absolute Gasteiger partial charge is 0.250 e. The molecule has 0 spiro atoms. The van der Waals surface area contributed by atoms with Gasteiger partial charge in [-0.2, -0.15) is 4.31 Å². The van der Waals surface area contributed by atoms with E-state index in [9.17, 15) is 13.2 Å². The number of hydrogen-bond donors (Lipinski definition) is 1. The average molecular weight is 376 g/mol. The summed E-state index contributed by atoms with van der Waals surface area (Å²) in [5.74, 6) is -0.268. The van der Waals surface area contributed by atoms with Crippen LogP contribution in [0.4, 0.5) is 5.69 Å². The number of anilines is 1. The standard InChI is InChI=1S/C19H24N2O4S/c1-3-13-25-15-19(22)20-17-9-11-18(12-10-17)26(23,24)21(2)14-16-7-5-4-6-8-16/h4-12H,3,13-15H2,1-2H3,(H,20,22). The van der Waals surface area contributed by atoms with Gasteiger partial charge < -0.3 is 10.1 Å². The lowest BCUT2D eigenvalue weighted by Gasteiger charge is -2.17. The minimum atomic E-state index is -3.60. The van der Waals surface area contributed by atoms with Crippen LogP contribution in [0.25, 0.3) is 0 Å². The first-order valence-corrected chi connectivity index (χ1v) is 9.85. The molecule has 2 rings (SSSR count). The SMILES string of the molecule is CCCOCC(=O)Nc1ccc(S(=O)(=O)N(C)Cc2ccccc2)cc1. The number of carbonyl (C=O) groups is 1. The van der Waals surface area contributed by atoms with Crippen molar-refractivity contribution in [2.45, 2.75) is 24.8 Å². The maximum atomic E-state index is 12.7. The lowest BCUT2D eigenvalue weighted by Crippen LogP contribution is -2.26. The zero-order chi connectivity index (χ0) is 19.0. The van der Waals surface area contributed by atoms with E-state index in [4.69, 9.17) is 4.74 Å². The summed E-state index contributed by atoms with van der Waals surface area (Å²) in [7, 11) is -2.06. The highest BCUT2D eigenvalue weighted by atomic mass is 32.2. The number of hydrogen-bond acceptors (Lipinski definition) is 4. The minimum Gasteiger partial charge on any atom is -0.372 e. The highest BCUT2D eigenvalue weighted by Gasteiger charge is 2.20. The predicted octanol–water partition coefficient (Wildman–Crippen LogP) is 2.87. The van der Waals surface area contributed by atoms with E-state index >= 15 is 0 Å². The molecule has 0 unspecified atom stereocenters. The molecule has 0 aliphatic carbocycles. The number of nitrogens with one attached hydrogen (secondary N) is 1. The van der Waals surface area contributed by atoms with E-state index in [-0.39, 0.29) is 24.0 Å². The Balaban J connectivity index is 2.00. The van der Waals surface area contributed by atoms with E-state index in [2.05, 4.69) is 5.32 Å². The maximum Gasteiger partial charge on any atom is 0.250 e. The molecule has 0 atom stereocenters. The van der Waals surface area contributed by atoms with E-state index in [0.29, 0.717) is 12.3 Å². The van der Waals surface area contributed by atoms with Gasteiger partial charge >= 0.3 is 0 Å². The summed E-state index contributed by atoms with van der Waals surface area (Å²) in [5.41, 5.74) is 1.44. The van der Waals surface area contributed by atoms with E-state index in [0.717, 1.165) is 12.0 Å². The fraction of sp³-hybridized carbons (Fsp3) is 0.316. The van der Waals surface area contributed by atoms with E-state index in [1.807, 2.05) is 37.3 Å². The second kappa shape index (κ2) is 9.47. The summed E-state index contributed by atoms with van der Waals surface area (Å²) in [4.78, 5) is 11.9. The normalized spacial score (nSPS) is 11.5. The fourth-order valence-electron chi connectivity index (χ4n) is 2.32. The Morgan fingerprint density at radius 2 is 1.73 bits per heavy atom. The Hall–Kier alpha value is -2.22. The Morgan fingerprint density at radius 3 is 2.35 bits per heavy atom. The van der Waals surface area contributed by atoms with Crippen LogP contribution in [0.5, 0.6) is 0 Å². The van der Waals surface area contributed by atoms with Gasteiger partial charge in [-0.3, -0.25) is 4.79 Å². The van der Waals surface area contributed by atoms with Crippen LogP contribution >= 0.6 is 0 Å². The topological polar surface area (TPSA) is 75.7 Å². The van der Waals surface area contributed by atoms with Gasteiger partial charge in [0.05, 0.1) is 4.90 Å². The third kappa shape index (κ3) is 5.66. The molecule has 1 amide bonds. The van der Waals surface area contributed by atoms with Gasteiger partial charge in [-0.05, 0) is 36.2 Å². The van der Waals surface area contributed by atoms with Crippen LogP contribution in [-0.2, 0) is 26.1 Å². The van der Waals surface area contributed by atoms with Crippen molar-refractivity contribution >= 4 is 21.6 Å². The van der Waals surface area contributed by atoms with Crippen molar-refractivity contribution in [2.75, 3.05) is 25.6 Å². The van der Waals surface area contributed by atoms with Crippen molar-refractivity contribution in [3.63, 3.8) is 0 Å². The molecule has 1 N–H and O–H groups in total. The maximum absolute atomic E-state index is 12.7. The summed E-state index contributed by atoms with van der Waals surface area (Å²) in [6, 6.07) is 15.5. The van der Waals surface area contributed by atoms with E-state index in [1.54, 1.807) is 19.2 Å². The van der Waals surface area contributed by atoms with Crippen LogP contribution in [0.15, 0.2) is 59.5 Å². The molecule has 2 aromatic rings. The number of benzene rings is 2. The summed E-state index contributed by atoms with van der Waals surface area (Å²) in [6.45, 7) is 2.76. The first-order chi connectivity index (χ1) is 12.4. The molecule has 6 nitrogen and oxygen atoms in total. The molecular formula is C19H24N2O4S. The largest absolute Gasteiger partial charge is 0.372 e. The molecule has 0 aliphatic rings. The Labute approximate surface area is 154 Å². The molecular weight excluding hydrogens is 352 g/mol. The molecule has 0 fully saturated rings. The van der Waals surface area contributed by atoms with E-state index < -0.39 is 10.0 Å². The van der Waals surface area contributed by atoms with Crippen LogP contribution < -0.4 is 5.32 Å². The summed E-state index contributed by atoms with van der Waals surface area (Å²) < 4.78 is 31.8.